The first-order valence-corrected chi connectivity index (χ1v) is 9.40. The third-order valence-corrected chi connectivity index (χ3v) is 4.23. The molecule has 0 atom stereocenters. The van der Waals surface area contributed by atoms with Crippen LogP contribution < -0.4 is 14.2 Å². The summed E-state index contributed by atoms with van der Waals surface area (Å²) < 4.78 is 18.8. The fourth-order valence-corrected chi connectivity index (χ4v) is 2.66. The molecule has 3 aromatic rings. The zero-order chi connectivity index (χ0) is 20.8. The van der Waals surface area contributed by atoms with E-state index in [1.54, 1.807) is 68.6 Å². The lowest BCUT2D eigenvalue weighted by Gasteiger charge is -2.09. The van der Waals surface area contributed by atoms with Crippen LogP contribution in [0.5, 0.6) is 28.9 Å². The summed E-state index contributed by atoms with van der Waals surface area (Å²) >= 11 is 11.1. The molecule has 0 aliphatic rings. The van der Waals surface area contributed by atoms with E-state index < -0.39 is 0 Å². The highest BCUT2D eigenvalue weighted by atomic mass is 35.5. The van der Waals surface area contributed by atoms with Crippen LogP contribution in [-0.2, 0) is 7.05 Å². The van der Waals surface area contributed by atoms with Crippen LogP contribution in [-0.4, -0.2) is 22.7 Å². The zero-order valence-electron chi connectivity index (χ0n) is 15.8. The molecule has 0 unspecified atom stereocenters. The topological polar surface area (TPSA) is 62.6 Å². The van der Waals surface area contributed by atoms with Crippen molar-refractivity contribution in [3.63, 3.8) is 0 Å². The van der Waals surface area contributed by atoms with Crippen molar-refractivity contribution in [3.8, 4) is 28.9 Å². The number of carbonyl (C=O) groups is 1. The van der Waals surface area contributed by atoms with E-state index in [1.807, 2.05) is 0 Å². The molecule has 0 saturated heterocycles. The first-order valence-electron chi connectivity index (χ1n) is 8.65. The monoisotopic (exact) mass is 432 g/mol. The Morgan fingerprint density at radius 2 is 1.48 bits per heavy atom. The number of hydrogen-bond donors (Lipinski definition) is 0. The maximum Gasteiger partial charge on any atom is 0.228 e. The van der Waals surface area contributed by atoms with Crippen molar-refractivity contribution in [2.45, 2.75) is 6.92 Å². The van der Waals surface area contributed by atoms with Gasteiger partial charge in [-0.25, -0.2) is 4.68 Å². The van der Waals surface area contributed by atoms with E-state index >= 15 is 0 Å². The van der Waals surface area contributed by atoms with Gasteiger partial charge in [0, 0.05) is 7.05 Å². The summed E-state index contributed by atoms with van der Waals surface area (Å²) in [6.07, 6.45) is 2.30. The number of benzene rings is 2. The molecule has 0 saturated carbocycles. The molecule has 0 aliphatic heterocycles. The largest absolute Gasteiger partial charge is 0.489 e. The van der Waals surface area contributed by atoms with Gasteiger partial charge in [-0.2, -0.15) is 5.10 Å². The summed E-state index contributed by atoms with van der Waals surface area (Å²) in [5.74, 6) is 2.93. The van der Waals surface area contributed by atoms with E-state index in [9.17, 15) is 4.79 Å². The molecular weight excluding hydrogens is 415 g/mol. The van der Waals surface area contributed by atoms with Crippen molar-refractivity contribution in [2.24, 2.45) is 7.05 Å². The highest BCUT2D eigenvalue weighted by Gasteiger charge is 2.14. The molecular formula is C21H18Cl2N2O4. The molecule has 8 heteroatoms. The summed E-state index contributed by atoms with van der Waals surface area (Å²) in [6.45, 7) is 2.04. The van der Waals surface area contributed by atoms with Crippen LogP contribution in [0.4, 0.5) is 0 Å². The lowest BCUT2D eigenvalue weighted by molar-refractivity contribution is 0.112. The van der Waals surface area contributed by atoms with Gasteiger partial charge >= 0.3 is 0 Å². The molecule has 29 heavy (non-hydrogen) atoms. The highest BCUT2D eigenvalue weighted by molar-refractivity contribution is 6.55. The number of aromatic nitrogens is 2. The smallest absolute Gasteiger partial charge is 0.228 e. The van der Waals surface area contributed by atoms with Gasteiger partial charge < -0.3 is 14.2 Å². The molecule has 0 spiro atoms. The van der Waals surface area contributed by atoms with Gasteiger partial charge in [0.25, 0.3) is 0 Å². The zero-order valence-corrected chi connectivity index (χ0v) is 17.3. The molecule has 2 aromatic carbocycles. The number of aldehydes is 1. The second-order valence-corrected chi connectivity index (χ2v) is 7.01. The number of aryl methyl sites for hydroxylation is 2. The first kappa shape index (κ1) is 20.8. The minimum absolute atomic E-state index is 0.165. The van der Waals surface area contributed by atoms with Gasteiger partial charge in [-0.05, 0) is 61.5 Å². The van der Waals surface area contributed by atoms with E-state index in [-0.39, 0.29) is 11.1 Å². The molecule has 0 bridgehead atoms. The average molecular weight is 433 g/mol. The Kier molecular flexibility index (Phi) is 6.80. The van der Waals surface area contributed by atoms with Crippen LogP contribution in [0.1, 0.15) is 16.1 Å². The molecule has 0 aliphatic carbocycles. The molecule has 0 radical (unpaired) electrons. The predicted octanol–water partition coefficient (Wildman–Crippen LogP) is 5.82. The summed E-state index contributed by atoms with van der Waals surface area (Å²) in [5.41, 5.74) is 1.05. The van der Waals surface area contributed by atoms with Crippen LogP contribution in [0, 0.1) is 6.92 Å². The van der Waals surface area contributed by atoms with Gasteiger partial charge in [-0.1, -0.05) is 23.2 Å². The van der Waals surface area contributed by atoms with E-state index in [0.29, 0.717) is 40.1 Å². The van der Waals surface area contributed by atoms with Crippen molar-refractivity contribution >= 4 is 29.5 Å². The second-order valence-electron chi connectivity index (χ2n) is 6.00. The number of carbonyl (C=O) groups excluding carboxylic acids is 1. The number of nitrogens with zero attached hydrogens (tertiary/aromatic N) is 2. The fourth-order valence-electron chi connectivity index (χ4n) is 2.54. The summed E-state index contributed by atoms with van der Waals surface area (Å²) in [7, 11) is 1.72. The molecule has 6 nitrogen and oxygen atoms in total. The van der Waals surface area contributed by atoms with Crippen LogP contribution in [0.25, 0.3) is 0 Å². The molecule has 3 rings (SSSR count). The minimum atomic E-state index is 0.165. The Bertz CT molecular complexity index is 1010. The Morgan fingerprint density at radius 3 is 2.00 bits per heavy atom. The first-order chi connectivity index (χ1) is 14.0. The van der Waals surface area contributed by atoms with Crippen LogP contribution >= 0.6 is 23.2 Å². The van der Waals surface area contributed by atoms with Crippen LogP contribution in [0.15, 0.2) is 59.1 Å². The number of hydrogen-bond acceptors (Lipinski definition) is 5. The van der Waals surface area contributed by atoms with E-state index in [0.717, 1.165) is 6.29 Å². The maximum absolute atomic E-state index is 11.2. The fraction of sp³-hybridized carbons (Fsp3) is 0.143. The predicted molar refractivity (Wildman–Crippen MR) is 112 cm³/mol. The lowest BCUT2D eigenvalue weighted by atomic mass is 10.3. The molecule has 1 aromatic heterocycles. The SMILES string of the molecule is Cc1nn(C)c(Oc2ccc(Oc3ccc(OCC=C(Cl)Cl)cc3)cc2)c1C=O. The number of rotatable bonds is 8. The Morgan fingerprint density at radius 1 is 0.966 bits per heavy atom. The quantitative estimate of drug-likeness (QED) is 0.419. The van der Waals surface area contributed by atoms with Crippen molar-refractivity contribution in [1.82, 2.24) is 9.78 Å². The third kappa shape index (κ3) is 5.53. The van der Waals surface area contributed by atoms with Crippen LogP contribution in [0.2, 0.25) is 0 Å². The summed E-state index contributed by atoms with van der Waals surface area (Å²) in [4.78, 5) is 11.2. The van der Waals surface area contributed by atoms with Crippen molar-refractivity contribution in [3.05, 3.63) is 70.4 Å². The number of halogens is 2. The standard InChI is InChI=1S/C21H18Cl2N2O4/c1-14-19(13-26)21(25(2)24-14)29-18-9-7-17(8-10-18)28-16-5-3-15(4-6-16)27-12-11-20(22)23/h3-11,13H,12H2,1-2H3. The molecule has 150 valence electrons. The summed E-state index contributed by atoms with van der Waals surface area (Å²) in [5, 5.41) is 4.19. The Balaban J connectivity index is 1.62. The van der Waals surface area contributed by atoms with Gasteiger partial charge in [0.15, 0.2) is 6.29 Å². The minimum Gasteiger partial charge on any atom is -0.489 e. The van der Waals surface area contributed by atoms with Crippen LogP contribution in [0.3, 0.4) is 0 Å². The van der Waals surface area contributed by atoms with E-state index in [1.165, 1.54) is 4.68 Å². The highest BCUT2D eigenvalue weighted by Crippen LogP contribution is 2.29. The van der Waals surface area contributed by atoms with Gasteiger partial charge in [-0.3, -0.25) is 4.79 Å². The molecule has 0 amide bonds. The van der Waals surface area contributed by atoms with Gasteiger partial charge in [0.2, 0.25) is 5.88 Å². The average Bonchev–Trinajstić information content (AvgIpc) is 2.97. The van der Waals surface area contributed by atoms with Crippen molar-refractivity contribution in [1.29, 1.82) is 0 Å². The van der Waals surface area contributed by atoms with Gasteiger partial charge in [-0.15, -0.1) is 0 Å². The third-order valence-electron chi connectivity index (χ3n) is 3.92. The van der Waals surface area contributed by atoms with Crippen molar-refractivity contribution in [2.75, 3.05) is 6.61 Å². The summed E-state index contributed by atoms with van der Waals surface area (Å²) in [6, 6.07) is 14.2. The second kappa shape index (κ2) is 9.49. The molecule has 0 fully saturated rings. The Hall–Kier alpha value is -2.96. The van der Waals surface area contributed by atoms with Gasteiger partial charge in [0.1, 0.15) is 34.1 Å². The normalized spacial score (nSPS) is 10.3. The Labute approximate surface area is 178 Å². The van der Waals surface area contributed by atoms with Crippen molar-refractivity contribution < 1.29 is 19.0 Å². The lowest BCUT2D eigenvalue weighted by Crippen LogP contribution is -1.96. The van der Waals surface area contributed by atoms with Gasteiger partial charge in [0.05, 0.1) is 11.3 Å². The maximum atomic E-state index is 11.2. The van der Waals surface area contributed by atoms with E-state index in [4.69, 9.17) is 37.4 Å². The number of ether oxygens (including phenoxy) is 3. The van der Waals surface area contributed by atoms with E-state index in [2.05, 4.69) is 5.10 Å². The molecule has 1 heterocycles. The molecule has 0 N–H and O–H groups in total.